The second kappa shape index (κ2) is 8.29. The second-order valence-corrected chi connectivity index (χ2v) is 10.5. The molecule has 9 nitrogen and oxygen atoms in total. The lowest BCUT2D eigenvalue weighted by molar-refractivity contribution is -0.137. The molecule has 2 atom stereocenters. The summed E-state index contributed by atoms with van der Waals surface area (Å²) in [6.45, 7) is 4.26. The molecule has 4 bridgehead atoms. The van der Waals surface area contributed by atoms with E-state index >= 15 is 0 Å². The van der Waals surface area contributed by atoms with E-state index in [0.29, 0.717) is 19.0 Å². The summed E-state index contributed by atoms with van der Waals surface area (Å²) in [5.41, 5.74) is 4.04. The summed E-state index contributed by atoms with van der Waals surface area (Å²) < 4.78 is 10.9. The van der Waals surface area contributed by atoms with Gasteiger partial charge < -0.3 is 30.7 Å². The van der Waals surface area contributed by atoms with Gasteiger partial charge in [0.05, 0.1) is 11.0 Å². The first-order valence-electron chi connectivity index (χ1n) is 10.9. The Morgan fingerprint density at radius 2 is 2.00 bits per heavy atom. The zero-order chi connectivity index (χ0) is 22.4. The largest absolute Gasteiger partial charge is 0.474 e. The predicted octanol–water partition coefficient (Wildman–Crippen LogP) is 1.11. The van der Waals surface area contributed by atoms with Crippen molar-refractivity contribution in [3.63, 3.8) is 0 Å². The van der Waals surface area contributed by atoms with Gasteiger partial charge in [0.15, 0.2) is 0 Å². The summed E-state index contributed by atoms with van der Waals surface area (Å²) in [6.07, 6.45) is 4.47. The van der Waals surface area contributed by atoms with Crippen LogP contribution in [-0.4, -0.2) is 53.4 Å². The highest BCUT2D eigenvalue weighted by atomic mass is 32.1. The van der Waals surface area contributed by atoms with Crippen molar-refractivity contribution < 1.29 is 24.0 Å². The zero-order valence-corrected chi connectivity index (χ0v) is 18.9. The Labute approximate surface area is 187 Å². The van der Waals surface area contributed by atoms with Crippen LogP contribution in [0.3, 0.4) is 0 Å². The molecule has 2 amide bonds. The Morgan fingerprint density at radius 1 is 1.32 bits per heavy atom. The number of hydrogen-bond acceptors (Lipinski definition) is 8. The van der Waals surface area contributed by atoms with Gasteiger partial charge in [-0.1, -0.05) is 0 Å². The Kier molecular flexibility index (Phi) is 5.99. The van der Waals surface area contributed by atoms with Gasteiger partial charge in [-0.15, -0.1) is 12.6 Å². The molecule has 1 heterocycles. The van der Waals surface area contributed by atoms with Crippen LogP contribution >= 0.6 is 12.6 Å². The fraction of sp³-hybridized carbons (Fsp3) is 0.762. The van der Waals surface area contributed by atoms with E-state index in [2.05, 4.69) is 28.4 Å². The number of rotatable bonds is 8. The molecule has 2 unspecified atom stereocenters. The van der Waals surface area contributed by atoms with Gasteiger partial charge in [0, 0.05) is 19.1 Å². The van der Waals surface area contributed by atoms with Crippen molar-refractivity contribution in [2.75, 3.05) is 19.7 Å². The van der Waals surface area contributed by atoms with Crippen LogP contribution in [0.5, 0.6) is 5.88 Å². The average molecular weight is 453 g/mol. The summed E-state index contributed by atoms with van der Waals surface area (Å²) in [5, 5.41) is 20.4. The third kappa shape index (κ3) is 4.42. The molecule has 5 rings (SSSR count). The smallest absolute Gasteiger partial charge is 0.291 e. The van der Waals surface area contributed by atoms with E-state index in [1.165, 1.54) is 0 Å². The first kappa shape index (κ1) is 22.4. The lowest BCUT2D eigenvalue weighted by Crippen LogP contribution is -2.61. The summed E-state index contributed by atoms with van der Waals surface area (Å²) in [7, 11) is 0. The second-order valence-electron chi connectivity index (χ2n) is 10.1. The van der Waals surface area contributed by atoms with Crippen LogP contribution in [0.25, 0.3) is 0 Å². The summed E-state index contributed by atoms with van der Waals surface area (Å²) in [4.78, 5) is 25.3. The van der Waals surface area contributed by atoms with Crippen LogP contribution in [0, 0.1) is 23.2 Å². The van der Waals surface area contributed by atoms with Gasteiger partial charge in [-0.05, 0) is 68.9 Å². The molecule has 4 aliphatic rings. The number of nitrogens with zero attached hydrogens (tertiary/aromatic N) is 1. The predicted molar refractivity (Wildman–Crippen MR) is 115 cm³/mol. The Morgan fingerprint density at radius 3 is 2.61 bits per heavy atom. The maximum atomic E-state index is 12.9. The number of hydrogen-bond donors (Lipinski definition) is 5. The molecule has 0 saturated heterocycles. The van der Waals surface area contributed by atoms with Crippen molar-refractivity contribution in [1.29, 1.82) is 0 Å². The van der Waals surface area contributed by atoms with Gasteiger partial charge in [0.1, 0.15) is 11.5 Å². The van der Waals surface area contributed by atoms with Crippen molar-refractivity contribution in [3.8, 4) is 5.88 Å². The van der Waals surface area contributed by atoms with Gasteiger partial charge in [-0.25, -0.2) is 0 Å². The molecule has 5 N–H and O–H groups in total. The summed E-state index contributed by atoms with van der Waals surface area (Å²) in [5.74, 6) is 0.640. The van der Waals surface area contributed by atoms with Gasteiger partial charge >= 0.3 is 0 Å². The maximum absolute atomic E-state index is 12.9. The number of carbonyl (C=O) groups is 2. The number of thiol groups is 1. The monoisotopic (exact) mass is 452 g/mol. The average Bonchev–Trinajstić information content (AvgIpc) is 3.06. The van der Waals surface area contributed by atoms with E-state index in [-0.39, 0.29) is 52.8 Å². The third-order valence-corrected chi connectivity index (χ3v) is 7.39. The number of ether oxygens (including phenoxy) is 1. The molecular weight excluding hydrogens is 420 g/mol. The van der Waals surface area contributed by atoms with E-state index in [1.54, 1.807) is 13.8 Å². The minimum atomic E-state index is -0.822. The highest BCUT2D eigenvalue weighted by Crippen LogP contribution is 2.55. The zero-order valence-electron chi connectivity index (χ0n) is 18.0. The molecule has 1 aromatic rings. The summed E-state index contributed by atoms with van der Waals surface area (Å²) >= 11 is 4.37. The van der Waals surface area contributed by atoms with Crippen LogP contribution in [0.15, 0.2) is 9.42 Å². The Balaban J connectivity index is 1.37. The van der Waals surface area contributed by atoms with E-state index in [1.807, 2.05) is 0 Å². The first-order chi connectivity index (χ1) is 14.6. The number of nitrogens with two attached hydrogens (primary N) is 1. The van der Waals surface area contributed by atoms with Crippen molar-refractivity contribution in [2.24, 2.45) is 28.9 Å². The lowest BCUT2D eigenvalue weighted by Gasteiger charge is -2.58. The molecule has 1 aromatic heterocycles. The highest BCUT2D eigenvalue weighted by molar-refractivity contribution is 7.80. The molecule has 10 heteroatoms. The van der Waals surface area contributed by atoms with Crippen molar-refractivity contribution in [3.05, 3.63) is 5.76 Å². The van der Waals surface area contributed by atoms with Gasteiger partial charge in [0.2, 0.25) is 11.7 Å². The van der Waals surface area contributed by atoms with Gasteiger partial charge in [-0.2, -0.15) is 0 Å². The van der Waals surface area contributed by atoms with Crippen LogP contribution in [0.4, 0.5) is 0 Å². The Bertz CT molecular complexity index is 841. The van der Waals surface area contributed by atoms with E-state index in [4.69, 9.17) is 15.0 Å². The normalized spacial score (nSPS) is 31.5. The molecule has 31 heavy (non-hydrogen) atoms. The van der Waals surface area contributed by atoms with Crippen LogP contribution in [-0.2, 0) is 4.79 Å². The fourth-order valence-electron chi connectivity index (χ4n) is 5.69. The molecule has 4 saturated carbocycles. The van der Waals surface area contributed by atoms with Crippen molar-refractivity contribution >= 4 is 24.4 Å². The molecule has 0 aromatic carbocycles. The molecule has 4 aliphatic carbocycles. The van der Waals surface area contributed by atoms with Crippen LogP contribution < -0.4 is 21.1 Å². The molecule has 0 radical (unpaired) electrons. The standard InChI is InChI=1S/C21H32N4O5S/c1-20(2,19(27)23-4-3-22)10-29-18-16(31)15(30-25-18)17(26)24-14-12-5-11-6-13(14)9-21(28,7-11)8-12/h11-14,28,31H,3-10,22H2,1-2H3,(H,23,27)(H,24,26)/t11?,12?,13?,14-,21-. The van der Waals surface area contributed by atoms with E-state index in [0.717, 1.165) is 32.1 Å². The minimum Gasteiger partial charge on any atom is -0.474 e. The molecule has 0 spiro atoms. The van der Waals surface area contributed by atoms with E-state index in [9.17, 15) is 14.7 Å². The van der Waals surface area contributed by atoms with E-state index < -0.39 is 11.0 Å². The highest BCUT2D eigenvalue weighted by Gasteiger charge is 2.55. The van der Waals surface area contributed by atoms with Crippen molar-refractivity contribution in [1.82, 2.24) is 15.8 Å². The Hall–Kier alpha value is -1.78. The van der Waals surface area contributed by atoms with Gasteiger partial charge in [0.25, 0.3) is 11.8 Å². The summed E-state index contributed by atoms with van der Waals surface area (Å²) in [6, 6.07) is 0.0247. The molecular formula is C21H32N4O5S. The number of nitrogens with one attached hydrogen (secondary N) is 2. The van der Waals surface area contributed by atoms with Crippen LogP contribution in [0.2, 0.25) is 0 Å². The topological polar surface area (TPSA) is 140 Å². The first-order valence-corrected chi connectivity index (χ1v) is 11.4. The lowest BCUT2D eigenvalue weighted by atomic mass is 9.52. The maximum Gasteiger partial charge on any atom is 0.291 e. The number of aliphatic hydroxyl groups is 1. The van der Waals surface area contributed by atoms with Crippen LogP contribution in [0.1, 0.15) is 56.5 Å². The van der Waals surface area contributed by atoms with Gasteiger partial charge in [-0.3, -0.25) is 9.59 Å². The fourth-order valence-corrected chi connectivity index (χ4v) is 5.94. The van der Waals surface area contributed by atoms with Crippen molar-refractivity contribution in [2.45, 2.75) is 62.5 Å². The number of carbonyl (C=O) groups excluding carboxylic acids is 2. The quantitative estimate of drug-likeness (QED) is 0.372. The third-order valence-electron chi connectivity index (χ3n) is 7.00. The molecule has 0 aliphatic heterocycles. The molecule has 4 fully saturated rings. The SMILES string of the molecule is CC(C)(COc1noc(C(=O)N[C@H]2C3CC4CC2C[C@](O)(C4)C3)c1S)C(=O)NCCN. The minimum absolute atomic E-state index is 0.00348. The number of aromatic nitrogens is 1. The number of amides is 2. The molecule has 172 valence electrons.